The Bertz CT molecular complexity index is 1720. The van der Waals surface area contributed by atoms with Crippen LogP contribution in [0.1, 0.15) is 350 Å². The number of aliphatic hydroxyl groups excluding tert-OH is 1. The molecule has 0 aliphatic rings. The van der Waals surface area contributed by atoms with Crippen LogP contribution in [-0.2, 0) is 65.4 Å². The fourth-order valence-corrected chi connectivity index (χ4v) is 12.0. The molecule has 0 aromatic heterocycles. The summed E-state index contributed by atoms with van der Waals surface area (Å²) < 4.78 is 68.0. The maximum atomic E-state index is 13.0. The van der Waals surface area contributed by atoms with Gasteiger partial charge in [-0.3, -0.25) is 37.3 Å². The normalized spacial score (nSPS) is 14.2. The first-order valence-electron chi connectivity index (χ1n) is 36.0. The molecule has 3 N–H and O–H groups in total. The zero-order valence-corrected chi connectivity index (χ0v) is 58.8. The van der Waals surface area contributed by atoms with Gasteiger partial charge in [-0.25, -0.2) is 9.13 Å². The Morgan fingerprint density at radius 3 is 0.773 bits per heavy atom. The molecular formula is C69H134O17P2. The molecule has 0 radical (unpaired) electrons. The zero-order chi connectivity index (χ0) is 65.0. The van der Waals surface area contributed by atoms with Crippen molar-refractivity contribution < 1.29 is 80.2 Å². The molecule has 5 atom stereocenters. The van der Waals surface area contributed by atoms with E-state index in [4.69, 9.17) is 37.0 Å². The molecule has 0 saturated heterocycles. The number of aliphatic hydroxyl groups is 1. The summed E-state index contributed by atoms with van der Waals surface area (Å²) in [5.41, 5.74) is 0. The van der Waals surface area contributed by atoms with Gasteiger partial charge in [0.05, 0.1) is 26.4 Å². The van der Waals surface area contributed by atoms with Gasteiger partial charge >= 0.3 is 39.5 Å². The maximum Gasteiger partial charge on any atom is 0.472 e. The number of ether oxygens (including phenoxy) is 4. The highest BCUT2D eigenvalue weighted by atomic mass is 31.2. The van der Waals surface area contributed by atoms with Gasteiger partial charge in [0.25, 0.3) is 0 Å². The first kappa shape index (κ1) is 86.1. The molecule has 0 aliphatic carbocycles. The molecule has 0 rings (SSSR count). The minimum absolute atomic E-state index is 0.106. The average molecular weight is 1300 g/mol. The van der Waals surface area contributed by atoms with E-state index >= 15 is 0 Å². The van der Waals surface area contributed by atoms with Crippen LogP contribution in [-0.4, -0.2) is 96.7 Å². The third-order valence-electron chi connectivity index (χ3n) is 16.0. The standard InChI is InChI=1S/C69H134O17P2/c1-7-9-11-13-14-15-22-30-35-41-47-53-68(73)85-64(57-79-66(71)51-45-37-12-10-8-2)59-83-87(75,76)81-55-63(70)56-82-88(77,78)84-60-65(58-80-67(72)52-46-40-34-29-26-25-28-33-39-44-50-62(5)6)86-69(74)54-48-42-36-31-24-21-19-17-16-18-20-23-27-32-38-43-49-61(3)4/h61-65,70H,7-60H2,1-6H3,(H,75,76)(H,77,78)/t63-,64+,65+/m0/s1. The van der Waals surface area contributed by atoms with E-state index in [2.05, 4.69) is 41.5 Å². The summed E-state index contributed by atoms with van der Waals surface area (Å²) in [5.74, 6) is -0.569. The lowest BCUT2D eigenvalue weighted by molar-refractivity contribution is -0.161. The molecule has 0 bridgehead atoms. The average Bonchev–Trinajstić information content (AvgIpc) is 3.70. The van der Waals surface area contributed by atoms with E-state index in [1.165, 1.54) is 161 Å². The molecule has 17 nitrogen and oxygen atoms in total. The summed E-state index contributed by atoms with van der Waals surface area (Å²) in [4.78, 5) is 72.2. The van der Waals surface area contributed by atoms with Crippen LogP contribution in [0.3, 0.4) is 0 Å². The second kappa shape index (κ2) is 61.3. The number of carbonyl (C=O) groups is 4. The molecule has 0 aliphatic heterocycles. The largest absolute Gasteiger partial charge is 0.472 e. The lowest BCUT2D eigenvalue weighted by Gasteiger charge is -2.21. The predicted molar refractivity (Wildman–Crippen MR) is 354 cm³/mol. The van der Waals surface area contributed by atoms with Gasteiger partial charge in [-0.2, -0.15) is 0 Å². The van der Waals surface area contributed by atoms with E-state index in [-0.39, 0.29) is 25.7 Å². The SMILES string of the molecule is CCCCCCCCCCCCCC(=O)O[C@H](COC(=O)CCCCCCC)COP(=O)(O)OC[C@H](O)COP(=O)(O)OC[C@@H](COC(=O)CCCCCCCCCCCCC(C)C)OC(=O)CCCCCCCCCCCCCCCCCCC(C)C. The Labute approximate surface area is 537 Å². The van der Waals surface area contributed by atoms with Gasteiger partial charge in [0.2, 0.25) is 0 Å². The van der Waals surface area contributed by atoms with Crippen LogP contribution in [0.4, 0.5) is 0 Å². The molecule has 0 saturated carbocycles. The van der Waals surface area contributed by atoms with E-state index in [1.807, 2.05) is 0 Å². The predicted octanol–water partition coefficient (Wildman–Crippen LogP) is 19.6. The van der Waals surface area contributed by atoms with E-state index in [0.717, 1.165) is 108 Å². The van der Waals surface area contributed by atoms with Crippen LogP contribution < -0.4 is 0 Å². The summed E-state index contributed by atoms with van der Waals surface area (Å²) in [7, 11) is -9.89. The van der Waals surface area contributed by atoms with E-state index in [1.54, 1.807) is 0 Å². The number of unbranched alkanes of at least 4 members (excludes halogenated alkanes) is 38. The monoisotopic (exact) mass is 1300 g/mol. The number of phosphoric acid groups is 2. The van der Waals surface area contributed by atoms with Crippen LogP contribution in [0.5, 0.6) is 0 Å². The minimum atomic E-state index is -4.95. The summed E-state index contributed by atoms with van der Waals surface area (Å²) in [6.45, 7) is 9.47. The molecule has 2 unspecified atom stereocenters. The number of hydrogen-bond acceptors (Lipinski definition) is 15. The molecule has 0 heterocycles. The number of esters is 4. The Kier molecular flexibility index (Phi) is 59.9. The second-order valence-corrected chi connectivity index (χ2v) is 28.8. The van der Waals surface area contributed by atoms with Crippen LogP contribution in [0.25, 0.3) is 0 Å². The number of carbonyl (C=O) groups excluding carboxylic acids is 4. The van der Waals surface area contributed by atoms with E-state index in [9.17, 15) is 43.2 Å². The van der Waals surface area contributed by atoms with Crippen molar-refractivity contribution in [3.63, 3.8) is 0 Å². The summed E-state index contributed by atoms with van der Waals surface area (Å²) in [5, 5.41) is 10.5. The Hall–Kier alpha value is -1.94. The topological polar surface area (TPSA) is 237 Å². The molecule has 0 fully saturated rings. The van der Waals surface area contributed by atoms with Gasteiger partial charge in [-0.1, -0.05) is 298 Å². The lowest BCUT2D eigenvalue weighted by Crippen LogP contribution is -2.30. The number of phosphoric ester groups is 2. The molecule has 522 valence electrons. The van der Waals surface area contributed by atoms with Crippen LogP contribution in [0, 0.1) is 11.8 Å². The highest BCUT2D eigenvalue weighted by Crippen LogP contribution is 2.45. The zero-order valence-electron chi connectivity index (χ0n) is 57.0. The van der Waals surface area contributed by atoms with Crippen molar-refractivity contribution in [2.45, 2.75) is 368 Å². The van der Waals surface area contributed by atoms with Crippen molar-refractivity contribution in [2.75, 3.05) is 39.6 Å². The Morgan fingerprint density at radius 1 is 0.307 bits per heavy atom. The van der Waals surface area contributed by atoms with Gasteiger partial charge in [0.1, 0.15) is 19.3 Å². The first-order valence-corrected chi connectivity index (χ1v) is 39.0. The van der Waals surface area contributed by atoms with Crippen LogP contribution in [0.2, 0.25) is 0 Å². The highest BCUT2D eigenvalue weighted by molar-refractivity contribution is 7.47. The second-order valence-electron chi connectivity index (χ2n) is 25.9. The number of rotatable bonds is 68. The van der Waals surface area contributed by atoms with Gasteiger partial charge in [-0.05, 0) is 37.5 Å². The quantitative estimate of drug-likeness (QED) is 0.0222. The summed E-state index contributed by atoms with van der Waals surface area (Å²) >= 11 is 0. The molecule has 0 spiro atoms. The molecule has 0 aromatic rings. The molecule has 19 heteroatoms. The van der Waals surface area contributed by atoms with Crippen molar-refractivity contribution in [1.82, 2.24) is 0 Å². The van der Waals surface area contributed by atoms with E-state index < -0.39 is 97.5 Å². The van der Waals surface area contributed by atoms with Crippen molar-refractivity contribution >= 4 is 39.5 Å². The lowest BCUT2D eigenvalue weighted by atomic mass is 10.0. The summed E-state index contributed by atoms with van der Waals surface area (Å²) in [6, 6.07) is 0. The molecule has 88 heavy (non-hydrogen) atoms. The van der Waals surface area contributed by atoms with Crippen molar-refractivity contribution in [3.05, 3.63) is 0 Å². The van der Waals surface area contributed by atoms with Crippen molar-refractivity contribution in [3.8, 4) is 0 Å². The fraction of sp³-hybridized carbons (Fsp3) is 0.942. The van der Waals surface area contributed by atoms with Gasteiger partial charge < -0.3 is 33.8 Å². The van der Waals surface area contributed by atoms with Gasteiger partial charge in [0, 0.05) is 25.7 Å². The third kappa shape index (κ3) is 62.8. The number of hydrogen-bond donors (Lipinski definition) is 3. The third-order valence-corrected chi connectivity index (χ3v) is 17.9. The summed E-state index contributed by atoms with van der Waals surface area (Å²) in [6.07, 6.45) is 46.2. The molecular weight excluding hydrogens is 1160 g/mol. The highest BCUT2D eigenvalue weighted by Gasteiger charge is 2.30. The minimum Gasteiger partial charge on any atom is -0.462 e. The first-order chi connectivity index (χ1) is 42.4. The van der Waals surface area contributed by atoms with Gasteiger partial charge in [-0.15, -0.1) is 0 Å². The maximum absolute atomic E-state index is 13.0. The molecule has 0 amide bonds. The van der Waals surface area contributed by atoms with Crippen molar-refractivity contribution in [2.24, 2.45) is 11.8 Å². The smallest absolute Gasteiger partial charge is 0.462 e. The van der Waals surface area contributed by atoms with Gasteiger partial charge in [0.15, 0.2) is 12.2 Å². The Balaban J connectivity index is 5.14. The Morgan fingerprint density at radius 2 is 0.523 bits per heavy atom. The van der Waals surface area contributed by atoms with Crippen molar-refractivity contribution in [1.29, 1.82) is 0 Å². The molecule has 0 aromatic carbocycles. The van der Waals surface area contributed by atoms with Crippen LogP contribution >= 0.6 is 15.6 Å². The van der Waals surface area contributed by atoms with Crippen LogP contribution in [0.15, 0.2) is 0 Å². The fourth-order valence-electron chi connectivity index (χ4n) is 10.4. The van der Waals surface area contributed by atoms with E-state index in [0.29, 0.717) is 25.7 Å².